The third kappa shape index (κ3) is 4.61. The number of pyridine rings is 1. The third-order valence-electron chi connectivity index (χ3n) is 4.11. The van der Waals surface area contributed by atoms with Crippen molar-refractivity contribution in [3.05, 3.63) is 66.6 Å². The van der Waals surface area contributed by atoms with Crippen molar-refractivity contribution in [1.29, 1.82) is 0 Å². The molecule has 2 aromatic heterocycles. The molecule has 0 spiro atoms. The number of H-pyrrole nitrogens is 1. The van der Waals surface area contributed by atoms with E-state index < -0.39 is 0 Å². The van der Waals surface area contributed by atoms with Gasteiger partial charge in [0.25, 0.3) is 0 Å². The van der Waals surface area contributed by atoms with Crippen LogP contribution in [-0.4, -0.2) is 30.5 Å². The number of hydrogen-bond acceptors (Lipinski definition) is 3. The Morgan fingerprint density at radius 2 is 2.08 bits per heavy atom. The Hall–Kier alpha value is -2.39. The molecule has 0 amide bonds. The van der Waals surface area contributed by atoms with Crippen LogP contribution in [0.15, 0.2) is 60.9 Å². The Bertz CT molecular complexity index is 891. The van der Waals surface area contributed by atoms with Gasteiger partial charge in [-0.1, -0.05) is 18.2 Å². The average molecular weight is 409 g/mol. The second-order valence-corrected chi connectivity index (χ2v) is 9.52. The number of hydrogen-bond donors (Lipinski definition) is 1. The zero-order valence-electron chi connectivity index (χ0n) is 14.3. The number of para-hydroxylation sites is 1. The maximum atomic E-state index is 12.1. The molecule has 5 nitrogen and oxygen atoms in total. The summed E-state index contributed by atoms with van der Waals surface area (Å²) in [6.07, 6.45) is 6.43. The van der Waals surface area contributed by atoms with Crippen molar-refractivity contribution in [2.75, 3.05) is 0 Å². The summed E-state index contributed by atoms with van der Waals surface area (Å²) in [4.78, 5) is 12.1. The van der Waals surface area contributed by atoms with Crippen molar-refractivity contribution in [2.24, 2.45) is 0 Å². The monoisotopic (exact) mass is 409 g/mol. The van der Waals surface area contributed by atoms with Crippen molar-refractivity contribution in [1.82, 2.24) is 10.2 Å². The number of ether oxygens (including phenoxy) is 1. The molecular formula is C20H20AsN3O2+. The molecule has 131 valence electrons. The summed E-state index contributed by atoms with van der Waals surface area (Å²) >= 11 is -0.150. The van der Waals surface area contributed by atoms with Crippen LogP contribution in [0.25, 0.3) is 11.3 Å². The van der Waals surface area contributed by atoms with Gasteiger partial charge in [0, 0.05) is 0 Å². The van der Waals surface area contributed by atoms with Crippen molar-refractivity contribution in [2.45, 2.75) is 30.7 Å². The summed E-state index contributed by atoms with van der Waals surface area (Å²) in [5.74, 6) is 0.832. The zero-order chi connectivity index (χ0) is 17.8. The van der Waals surface area contributed by atoms with Gasteiger partial charge in [0.05, 0.1) is 0 Å². The van der Waals surface area contributed by atoms with Crippen molar-refractivity contribution < 1.29 is 14.1 Å². The summed E-state index contributed by atoms with van der Waals surface area (Å²) in [6, 6.07) is 15.7. The van der Waals surface area contributed by atoms with E-state index >= 15 is 0 Å². The number of rotatable bonds is 8. The van der Waals surface area contributed by atoms with Gasteiger partial charge < -0.3 is 0 Å². The second kappa shape index (κ2) is 7.88. The van der Waals surface area contributed by atoms with Crippen molar-refractivity contribution in [3.63, 3.8) is 0 Å². The summed E-state index contributed by atoms with van der Waals surface area (Å²) < 4.78 is 8.82. The number of benzene rings is 1. The molecule has 1 radical (unpaired) electrons. The first-order chi connectivity index (χ1) is 12.8. The molecule has 1 aromatic carbocycles. The molecule has 0 bridgehead atoms. The van der Waals surface area contributed by atoms with Crippen molar-refractivity contribution >= 4 is 20.3 Å². The summed E-state index contributed by atoms with van der Waals surface area (Å²) in [5.41, 5.74) is 2.76. The molecule has 1 fully saturated rings. The molecule has 0 atom stereocenters. The minimum atomic E-state index is -0.150. The second-order valence-electron chi connectivity index (χ2n) is 6.40. The molecule has 0 aliphatic heterocycles. The third-order valence-corrected chi connectivity index (χ3v) is 6.86. The van der Waals surface area contributed by atoms with E-state index in [0.717, 1.165) is 27.4 Å². The molecular weight excluding hydrogens is 389 g/mol. The predicted octanol–water partition coefficient (Wildman–Crippen LogP) is 2.76. The van der Waals surface area contributed by atoms with Crippen LogP contribution in [0.5, 0.6) is 5.75 Å². The Kier molecular flexibility index (Phi) is 5.16. The normalized spacial score (nSPS) is 14.0. The molecule has 0 saturated heterocycles. The molecule has 1 aliphatic carbocycles. The topological polar surface area (TPSA) is 58.9 Å². The fourth-order valence-electron chi connectivity index (χ4n) is 2.64. The molecule has 3 aromatic rings. The first-order valence-electron chi connectivity index (χ1n) is 8.71. The quantitative estimate of drug-likeness (QED) is 0.460. The number of carbonyl (C=O) groups excluding carboxylic acids is 1. The van der Waals surface area contributed by atoms with Crippen LogP contribution in [0.3, 0.4) is 0 Å². The molecule has 4 rings (SSSR count). The van der Waals surface area contributed by atoms with E-state index in [1.165, 1.54) is 12.8 Å². The van der Waals surface area contributed by atoms with Gasteiger partial charge in [-0.05, 0) is 0 Å². The SMILES string of the molecule is O=C(C[n+]1cccc(-c2cc(COc3ccccc3)[nH]n2)c1)[As]C1CC1. The minimum absolute atomic E-state index is 0.150. The molecule has 6 heteroatoms. The number of nitrogens with one attached hydrogen (secondary N) is 1. The molecule has 1 aliphatic rings. The van der Waals surface area contributed by atoms with E-state index in [1.54, 1.807) is 0 Å². The average Bonchev–Trinajstić information content (AvgIpc) is 3.34. The van der Waals surface area contributed by atoms with Gasteiger partial charge in [-0.3, -0.25) is 0 Å². The van der Waals surface area contributed by atoms with Crippen LogP contribution in [0, 0.1) is 0 Å². The van der Waals surface area contributed by atoms with E-state index in [0.29, 0.717) is 17.7 Å². The van der Waals surface area contributed by atoms with Gasteiger partial charge >= 0.3 is 141 Å². The fraction of sp³-hybridized carbons (Fsp3) is 0.250. The molecule has 1 N–H and O–H groups in total. The van der Waals surface area contributed by atoms with Crippen LogP contribution in [0.2, 0.25) is 4.71 Å². The van der Waals surface area contributed by atoms with Gasteiger partial charge in [0.2, 0.25) is 0 Å². The Balaban J connectivity index is 1.40. The Morgan fingerprint density at radius 3 is 2.88 bits per heavy atom. The van der Waals surface area contributed by atoms with Gasteiger partial charge in [-0.2, -0.15) is 0 Å². The number of aromatic nitrogens is 3. The van der Waals surface area contributed by atoms with E-state index in [4.69, 9.17) is 4.74 Å². The summed E-state index contributed by atoms with van der Waals surface area (Å²) in [6.45, 7) is 0.909. The van der Waals surface area contributed by atoms with E-state index in [9.17, 15) is 4.79 Å². The van der Waals surface area contributed by atoms with Crippen LogP contribution in [-0.2, 0) is 17.9 Å². The fourth-order valence-corrected chi connectivity index (χ4v) is 4.86. The number of nitrogens with zero attached hydrogens (tertiary/aromatic N) is 2. The van der Waals surface area contributed by atoms with Crippen LogP contribution >= 0.6 is 0 Å². The number of aromatic amines is 1. The number of carbonyl (C=O) groups is 1. The van der Waals surface area contributed by atoms with Crippen molar-refractivity contribution in [3.8, 4) is 17.0 Å². The van der Waals surface area contributed by atoms with Crippen LogP contribution in [0.1, 0.15) is 18.5 Å². The Labute approximate surface area is 159 Å². The summed E-state index contributed by atoms with van der Waals surface area (Å²) in [5, 5.41) is 7.40. The zero-order valence-corrected chi connectivity index (χ0v) is 16.2. The predicted molar refractivity (Wildman–Crippen MR) is 98.7 cm³/mol. The van der Waals surface area contributed by atoms with E-state index in [1.807, 2.05) is 65.5 Å². The van der Waals surface area contributed by atoms with Gasteiger partial charge in [-0.25, -0.2) is 0 Å². The van der Waals surface area contributed by atoms with Gasteiger partial charge in [-0.15, -0.1) is 0 Å². The van der Waals surface area contributed by atoms with Crippen LogP contribution < -0.4 is 9.30 Å². The van der Waals surface area contributed by atoms with E-state index in [-0.39, 0.29) is 15.8 Å². The first kappa shape index (κ1) is 17.0. The first-order valence-corrected chi connectivity index (χ1v) is 10.7. The van der Waals surface area contributed by atoms with Gasteiger partial charge in [0.1, 0.15) is 0 Å². The van der Waals surface area contributed by atoms with Crippen LogP contribution in [0.4, 0.5) is 0 Å². The van der Waals surface area contributed by atoms with Gasteiger partial charge in [0.15, 0.2) is 0 Å². The maximum absolute atomic E-state index is 12.1. The Morgan fingerprint density at radius 1 is 1.23 bits per heavy atom. The molecule has 2 heterocycles. The standard InChI is InChI=1S/C20H20AsN3O2/c25-20(21-16-8-9-16)13-24-10-4-5-15(12-24)19-11-17(22-23-19)14-26-18-6-2-1-3-7-18/h1-7,10-12,16H,8-9,13-14H2,(H,22,23)/q+1. The summed E-state index contributed by atoms with van der Waals surface area (Å²) in [7, 11) is 0. The molecule has 26 heavy (non-hydrogen) atoms. The molecule has 0 unspecified atom stereocenters. The molecule has 1 saturated carbocycles. The van der Waals surface area contributed by atoms with E-state index in [2.05, 4.69) is 10.2 Å².